The second kappa shape index (κ2) is 5.95. The van der Waals surface area contributed by atoms with Crippen LogP contribution in [0.2, 0.25) is 0 Å². The molecule has 0 saturated heterocycles. The highest BCUT2D eigenvalue weighted by molar-refractivity contribution is 5.77. The first-order valence-corrected chi connectivity index (χ1v) is 6.61. The summed E-state index contributed by atoms with van der Waals surface area (Å²) in [5, 5.41) is 9.53. The lowest BCUT2D eigenvalue weighted by molar-refractivity contribution is -0.140. The molecule has 1 saturated carbocycles. The van der Waals surface area contributed by atoms with Crippen molar-refractivity contribution in [1.82, 2.24) is 0 Å². The maximum absolute atomic E-state index is 11.6. The number of methoxy groups -OCH3 is 2. The number of carboxylic acids is 1. The van der Waals surface area contributed by atoms with E-state index in [4.69, 9.17) is 9.47 Å². The van der Waals surface area contributed by atoms with Gasteiger partial charge >= 0.3 is 5.97 Å². The first kappa shape index (κ1) is 13.7. The monoisotopic (exact) mass is 264 g/mol. The second-order valence-electron chi connectivity index (χ2n) is 5.01. The molecule has 1 unspecified atom stereocenters. The third-order valence-electron chi connectivity index (χ3n) is 3.87. The SMILES string of the molecule is COc1cc(OC)cc(C(C(=O)O)C2CCCC2)c1. The van der Waals surface area contributed by atoms with Crippen molar-refractivity contribution < 1.29 is 19.4 Å². The summed E-state index contributed by atoms with van der Waals surface area (Å²) in [7, 11) is 3.15. The normalized spacial score (nSPS) is 17.2. The predicted octanol–water partition coefficient (Wildman–Crippen LogP) is 3.06. The van der Waals surface area contributed by atoms with Crippen LogP contribution in [0.3, 0.4) is 0 Å². The van der Waals surface area contributed by atoms with Crippen LogP contribution in [0, 0.1) is 5.92 Å². The van der Waals surface area contributed by atoms with Crippen molar-refractivity contribution in [2.45, 2.75) is 31.6 Å². The van der Waals surface area contributed by atoms with Crippen molar-refractivity contribution in [2.75, 3.05) is 14.2 Å². The van der Waals surface area contributed by atoms with Crippen molar-refractivity contribution in [3.8, 4) is 11.5 Å². The molecular weight excluding hydrogens is 244 g/mol. The molecule has 0 spiro atoms. The van der Waals surface area contributed by atoms with Crippen LogP contribution in [-0.2, 0) is 4.79 Å². The average Bonchev–Trinajstić information content (AvgIpc) is 2.91. The van der Waals surface area contributed by atoms with Crippen LogP contribution in [0.15, 0.2) is 18.2 Å². The fraction of sp³-hybridized carbons (Fsp3) is 0.533. The second-order valence-corrected chi connectivity index (χ2v) is 5.01. The fourth-order valence-electron chi connectivity index (χ4n) is 2.92. The summed E-state index contributed by atoms with van der Waals surface area (Å²) in [4.78, 5) is 11.6. The molecule has 19 heavy (non-hydrogen) atoms. The van der Waals surface area contributed by atoms with Crippen molar-refractivity contribution in [2.24, 2.45) is 5.92 Å². The molecule has 0 bridgehead atoms. The zero-order valence-corrected chi connectivity index (χ0v) is 11.4. The van der Waals surface area contributed by atoms with Gasteiger partial charge in [-0.2, -0.15) is 0 Å². The first-order chi connectivity index (χ1) is 9.15. The maximum Gasteiger partial charge on any atom is 0.311 e. The molecule has 1 N–H and O–H groups in total. The Labute approximate surface area is 113 Å². The summed E-state index contributed by atoms with van der Waals surface area (Å²) in [5.41, 5.74) is 0.774. The lowest BCUT2D eigenvalue weighted by Crippen LogP contribution is -2.19. The quantitative estimate of drug-likeness (QED) is 0.888. The average molecular weight is 264 g/mol. The first-order valence-electron chi connectivity index (χ1n) is 6.61. The zero-order chi connectivity index (χ0) is 13.8. The highest BCUT2D eigenvalue weighted by Gasteiger charge is 2.32. The van der Waals surface area contributed by atoms with Crippen LogP contribution >= 0.6 is 0 Å². The van der Waals surface area contributed by atoms with E-state index in [0.29, 0.717) is 11.5 Å². The number of rotatable bonds is 5. The highest BCUT2D eigenvalue weighted by atomic mass is 16.5. The van der Waals surface area contributed by atoms with Gasteiger partial charge in [-0.1, -0.05) is 12.8 Å². The number of carboxylic acid groups (broad SMARTS) is 1. The minimum Gasteiger partial charge on any atom is -0.497 e. The molecule has 0 amide bonds. The van der Waals surface area contributed by atoms with Crippen LogP contribution in [0.1, 0.15) is 37.2 Å². The number of hydrogen-bond donors (Lipinski definition) is 1. The largest absolute Gasteiger partial charge is 0.497 e. The molecule has 0 radical (unpaired) electrons. The Bertz CT molecular complexity index is 427. The number of benzene rings is 1. The van der Waals surface area contributed by atoms with E-state index in [1.807, 2.05) is 0 Å². The van der Waals surface area contributed by atoms with Crippen LogP contribution in [-0.4, -0.2) is 25.3 Å². The van der Waals surface area contributed by atoms with E-state index in [-0.39, 0.29) is 5.92 Å². The minimum atomic E-state index is -0.762. The summed E-state index contributed by atoms with van der Waals surface area (Å²) in [6, 6.07) is 5.37. The zero-order valence-electron chi connectivity index (χ0n) is 11.4. The van der Waals surface area contributed by atoms with Gasteiger partial charge in [0.05, 0.1) is 20.1 Å². The van der Waals surface area contributed by atoms with Gasteiger partial charge in [-0.05, 0) is 36.5 Å². The molecule has 1 aromatic carbocycles. The van der Waals surface area contributed by atoms with Gasteiger partial charge in [-0.3, -0.25) is 4.79 Å². The van der Waals surface area contributed by atoms with E-state index in [1.54, 1.807) is 32.4 Å². The van der Waals surface area contributed by atoms with E-state index < -0.39 is 11.9 Å². The summed E-state index contributed by atoms with van der Waals surface area (Å²) in [5.74, 6) is 0.264. The summed E-state index contributed by atoms with van der Waals surface area (Å²) in [6.07, 6.45) is 4.21. The van der Waals surface area contributed by atoms with E-state index in [2.05, 4.69) is 0 Å². The Hall–Kier alpha value is -1.71. The Morgan fingerprint density at radius 3 is 2.11 bits per heavy atom. The molecule has 1 fully saturated rings. The van der Waals surface area contributed by atoms with Gasteiger partial charge in [-0.25, -0.2) is 0 Å². The number of aliphatic carboxylic acids is 1. The Morgan fingerprint density at radius 1 is 1.16 bits per heavy atom. The lowest BCUT2D eigenvalue weighted by Gasteiger charge is -2.20. The minimum absolute atomic E-state index is 0.217. The van der Waals surface area contributed by atoms with Crippen LogP contribution in [0.5, 0.6) is 11.5 Å². The number of hydrogen-bond acceptors (Lipinski definition) is 3. The van der Waals surface area contributed by atoms with Gasteiger partial charge in [0.1, 0.15) is 11.5 Å². The van der Waals surface area contributed by atoms with Gasteiger partial charge in [0, 0.05) is 6.07 Å². The topological polar surface area (TPSA) is 55.8 Å². The van der Waals surface area contributed by atoms with E-state index in [9.17, 15) is 9.90 Å². The summed E-state index contributed by atoms with van der Waals surface area (Å²) >= 11 is 0. The van der Waals surface area contributed by atoms with Crippen molar-refractivity contribution in [3.63, 3.8) is 0 Å². The van der Waals surface area contributed by atoms with Gasteiger partial charge in [-0.15, -0.1) is 0 Å². The number of carbonyl (C=O) groups is 1. The molecule has 2 rings (SSSR count). The van der Waals surface area contributed by atoms with Crippen molar-refractivity contribution in [1.29, 1.82) is 0 Å². The molecule has 1 aliphatic rings. The van der Waals surface area contributed by atoms with E-state index in [0.717, 1.165) is 31.2 Å². The van der Waals surface area contributed by atoms with E-state index >= 15 is 0 Å². The third kappa shape index (κ3) is 3.00. The molecule has 104 valence electrons. The summed E-state index contributed by atoms with van der Waals surface area (Å²) in [6.45, 7) is 0. The lowest BCUT2D eigenvalue weighted by atomic mass is 9.85. The van der Waals surface area contributed by atoms with Crippen LogP contribution < -0.4 is 9.47 Å². The number of ether oxygens (including phenoxy) is 2. The van der Waals surface area contributed by atoms with Gasteiger partial charge in [0.2, 0.25) is 0 Å². The Balaban J connectivity index is 2.37. The van der Waals surface area contributed by atoms with Gasteiger partial charge < -0.3 is 14.6 Å². The molecule has 4 nitrogen and oxygen atoms in total. The standard InChI is InChI=1S/C15H20O4/c1-18-12-7-11(8-13(9-12)19-2)14(15(16)17)10-5-3-4-6-10/h7-10,14H,3-6H2,1-2H3,(H,16,17). The fourth-order valence-corrected chi connectivity index (χ4v) is 2.92. The summed E-state index contributed by atoms with van der Waals surface area (Å²) < 4.78 is 10.4. The smallest absolute Gasteiger partial charge is 0.311 e. The molecular formula is C15H20O4. The highest BCUT2D eigenvalue weighted by Crippen LogP contribution is 2.39. The van der Waals surface area contributed by atoms with Crippen molar-refractivity contribution in [3.05, 3.63) is 23.8 Å². The molecule has 0 heterocycles. The molecule has 1 aromatic rings. The van der Waals surface area contributed by atoms with Crippen molar-refractivity contribution >= 4 is 5.97 Å². The predicted molar refractivity (Wildman–Crippen MR) is 71.9 cm³/mol. The van der Waals surface area contributed by atoms with Crippen LogP contribution in [0.25, 0.3) is 0 Å². The Kier molecular flexibility index (Phi) is 4.30. The molecule has 1 aliphatic carbocycles. The van der Waals surface area contributed by atoms with E-state index in [1.165, 1.54) is 0 Å². The van der Waals surface area contributed by atoms with Crippen LogP contribution in [0.4, 0.5) is 0 Å². The molecule has 0 aromatic heterocycles. The molecule has 4 heteroatoms. The van der Waals surface area contributed by atoms with Gasteiger partial charge in [0.25, 0.3) is 0 Å². The Morgan fingerprint density at radius 2 is 1.68 bits per heavy atom. The third-order valence-corrected chi connectivity index (χ3v) is 3.87. The maximum atomic E-state index is 11.6. The molecule has 1 atom stereocenters. The van der Waals surface area contributed by atoms with Gasteiger partial charge in [0.15, 0.2) is 0 Å². The molecule has 0 aliphatic heterocycles.